The van der Waals surface area contributed by atoms with Crippen LogP contribution in [0.25, 0.3) is 0 Å². The molecular weight excluding hydrogens is 246 g/mol. The van der Waals surface area contributed by atoms with Crippen LogP contribution in [0.15, 0.2) is 29.3 Å². The second-order valence-corrected chi connectivity index (χ2v) is 6.42. The fourth-order valence-corrected chi connectivity index (χ4v) is 3.15. The van der Waals surface area contributed by atoms with Crippen molar-refractivity contribution in [1.82, 2.24) is 4.90 Å². The molecule has 1 aliphatic heterocycles. The molecule has 1 aliphatic carbocycles. The highest BCUT2D eigenvalue weighted by atomic mass is 15.3. The molecule has 1 saturated carbocycles. The highest BCUT2D eigenvalue weighted by Crippen LogP contribution is 2.44. The standard InChI is InChI=1S/C17H25N3/c1-12-7-9-20(10-8-12)17(18)19-16-11-15(16)14-6-4-3-5-13(14)2/h3-6,12,15-16H,7-11H2,1-2H3,(H2,18,19). The quantitative estimate of drug-likeness (QED) is 0.664. The molecule has 108 valence electrons. The van der Waals surface area contributed by atoms with Gasteiger partial charge in [-0.25, -0.2) is 4.99 Å². The monoisotopic (exact) mass is 271 g/mol. The summed E-state index contributed by atoms with van der Waals surface area (Å²) in [5.74, 6) is 2.18. The van der Waals surface area contributed by atoms with Gasteiger partial charge in [0.15, 0.2) is 5.96 Å². The Morgan fingerprint density at radius 2 is 1.95 bits per heavy atom. The van der Waals surface area contributed by atoms with Crippen LogP contribution in [0.5, 0.6) is 0 Å². The smallest absolute Gasteiger partial charge is 0.191 e. The van der Waals surface area contributed by atoms with Crippen LogP contribution in [0.3, 0.4) is 0 Å². The predicted octanol–water partition coefficient (Wildman–Crippen LogP) is 2.90. The Balaban J connectivity index is 1.62. The number of likely N-dealkylation sites (tertiary alicyclic amines) is 1. The van der Waals surface area contributed by atoms with Crippen molar-refractivity contribution in [1.29, 1.82) is 0 Å². The Bertz CT molecular complexity index is 501. The number of nitrogens with zero attached hydrogens (tertiary/aromatic N) is 2. The normalized spacial score (nSPS) is 27.7. The zero-order valence-corrected chi connectivity index (χ0v) is 12.5. The van der Waals surface area contributed by atoms with Gasteiger partial charge in [0.2, 0.25) is 0 Å². The Kier molecular flexibility index (Phi) is 3.68. The largest absolute Gasteiger partial charge is 0.370 e. The molecule has 3 nitrogen and oxygen atoms in total. The van der Waals surface area contributed by atoms with Gasteiger partial charge in [0.1, 0.15) is 0 Å². The molecule has 2 unspecified atom stereocenters. The Morgan fingerprint density at radius 1 is 1.25 bits per heavy atom. The van der Waals surface area contributed by atoms with E-state index in [4.69, 9.17) is 10.7 Å². The molecule has 2 N–H and O–H groups in total. The number of guanidine groups is 1. The van der Waals surface area contributed by atoms with Crippen molar-refractivity contribution < 1.29 is 0 Å². The molecule has 1 heterocycles. The van der Waals surface area contributed by atoms with E-state index in [-0.39, 0.29) is 0 Å². The van der Waals surface area contributed by atoms with Gasteiger partial charge in [-0.15, -0.1) is 0 Å². The molecule has 3 rings (SSSR count). The maximum atomic E-state index is 6.19. The van der Waals surface area contributed by atoms with Crippen molar-refractivity contribution in [2.45, 2.75) is 45.1 Å². The summed E-state index contributed by atoms with van der Waals surface area (Å²) < 4.78 is 0. The fraction of sp³-hybridized carbons (Fsp3) is 0.588. The van der Waals surface area contributed by atoms with Crippen molar-refractivity contribution in [3.8, 4) is 0 Å². The maximum Gasteiger partial charge on any atom is 0.191 e. The highest BCUT2D eigenvalue weighted by Gasteiger charge is 2.39. The Labute approximate surface area is 121 Å². The summed E-state index contributed by atoms with van der Waals surface area (Å²) in [5, 5.41) is 0. The van der Waals surface area contributed by atoms with E-state index in [2.05, 4.69) is 43.0 Å². The van der Waals surface area contributed by atoms with Crippen molar-refractivity contribution in [3.63, 3.8) is 0 Å². The number of rotatable bonds is 2. The van der Waals surface area contributed by atoms with Crippen LogP contribution >= 0.6 is 0 Å². The molecule has 1 aromatic rings. The van der Waals surface area contributed by atoms with Gasteiger partial charge in [-0.05, 0) is 43.2 Å². The number of benzene rings is 1. The minimum atomic E-state index is 0.399. The van der Waals surface area contributed by atoms with Gasteiger partial charge < -0.3 is 10.6 Å². The highest BCUT2D eigenvalue weighted by molar-refractivity contribution is 5.78. The first-order valence-electron chi connectivity index (χ1n) is 7.79. The summed E-state index contributed by atoms with van der Waals surface area (Å²) in [6.45, 7) is 6.64. The number of nitrogens with two attached hydrogens (primary N) is 1. The first kappa shape index (κ1) is 13.5. The lowest BCUT2D eigenvalue weighted by atomic mass is 10.00. The van der Waals surface area contributed by atoms with Gasteiger partial charge >= 0.3 is 0 Å². The lowest BCUT2D eigenvalue weighted by Gasteiger charge is -2.31. The number of aliphatic imine (C=N–C) groups is 1. The number of hydrogen-bond donors (Lipinski definition) is 1. The van der Waals surface area contributed by atoms with E-state index in [1.54, 1.807) is 0 Å². The van der Waals surface area contributed by atoms with Gasteiger partial charge in [-0.1, -0.05) is 31.2 Å². The maximum absolute atomic E-state index is 6.19. The van der Waals surface area contributed by atoms with E-state index in [1.807, 2.05) is 0 Å². The Morgan fingerprint density at radius 3 is 2.65 bits per heavy atom. The molecule has 1 aromatic carbocycles. The molecule has 2 aliphatic rings. The van der Waals surface area contributed by atoms with Crippen LogP contribution in [-0.2, 0) is 0 Å². The van der Waals surface area contributed by atoms with E-state index < -0.39 is 0 Å². The first-order valence-corrected chi connectivity index (χ1v) is 7.79. The van der Waals surface area contributed by atoms with E-state index in [1.165, 1.54) is 24.0 Å². The first-order chi connectivity index (χ1) is 9.65. The van der Waals surface area contributed by atoms with Gasteiger partial charge in [0.05, 0.1) is 6.04 Å². The van der Waals surface area contributed by atoms with Crippen molar-refractivity contribution in [2.24, 2.45) is 16.6 Å². The molecule has 0 spiro atoms. The number of hydrogen-bond acceptors (Lipinski definition) is 1. The summed E-state index contributed by atoms with van der Waals surface area (Å²) in [5.41, 5.74) is 9.01. The summed E-state index contributed by atoms with van der Waals surface area (Å²) in [6.07, 6.45) is 3.63. The third-order valence-corrected chi connectivity index (χ3v) is 4.75. The van der Waals surface area contributed by atoms with Crippen LogP contribution < -0.4 is 5.73 Å². The SMILES string of the molecule is Cc1ccccc1C1CC1N=C(N)N1CCC(C)CC1. The third-order valence-electron chi connectivity index (χ3n) is 4.75. The molecule has 2 fully saturated rings. The van der Waals surface area contributed by atoms with E-state index in [0.29, 0.717) is 12.0 Å². The van der Waals surface area contributed by atoms with Gasteiger partial charge in [0, 0.05) is 19.0 Å². The van der Waals surface area contributed by atoms with Crippen LogP contribution in [0, 0.1) is 12.8 Å². The second kappa shape index (κ2) is 5.47. The van der Waals surface area contributed by atoms with Crippen molar-refractivity contribution >= 4 is 5.96 Å². The Hall–Kier alpha value is -1.51. The van der Waals surface area contributed by atoms with Crippen molar-refractivity contribution in [3.05, 3.63) is 35.4 Å². The van der Waals surface area contributed by atoms with Crippen LogP contribution in [0.4, 0.5) is 0 Å². The van der Waals surface area contributed by atoms with Gasteiger partial charge in [-0.2, -0.15) is 0 Å². The summed E-state index contributed by atoms with van der Waals surface area (Å²) in [6, 6.07) is 9.04. The molecule has 1 saturated heterocycles. The average Bonchev–Trinajstić information content (AvgIpc) is 3.19. The number of aryl methyl sites for hydroxylation is 1. The summed E-state index contributed by atoms with van der Waals surface area (Å²) in [4.78, 5) is 7.01. The van der Waals surface area contributed by atoms with Crippen LogP contribution in [0.2, 0.25) is 0 Å². The minimum Gasteiger partial charge on any atom is -0.370 e. The lowest BCUT2D eigenvalue weighted by molar-refractivity contribution is 0.277. The molecule has 0 amide bonds. The van der Waals surface area contributed by atoms with E-state index in [0.717, 1.165) is 31.4 Å². The zero-order valence-electron chi connectivity index (χ0n) is 12.5. The van der Waals surface area contributed by atoms with E-state index in [9.17, 15) is 0 Å². The summed E-state index contributed by atoms with van der Waals surface area (Å²) in [7, 11) is 0. The second-order valence-electron chi connectivity index (χ2n) is 6.42. The average molecular weight is 271 g/mol. The zero-order chi connectivity index (χ0) is 14.1. The number of piperidine rings is 1. The fourth-order valence-electron chi connectivity index (χ4n) is 3.15. The van der Waals surface area contributed by atoms with Crippen LogP contribution in [-0.4, -0.2) is 30.0 Å². The molecule has 20 heavy (non-hydrogen) atoms. The summed E-state index contributed by atoms with van der Waals surface area (Å²) >= 11 is 0. The topological polar surface area (TPSA) is 41.6 Å². The third kappa shape index (κ3) is 2.82. The minimum absolute atomic E-state index is 0.399. The van der Waals surface area contributed by atoms with Crippen LogP contribution in [0.1, 0.15) is 43.2 Å². The van der Waals surface area contributed by atoms with E-state index >= 15 is 0 Å². The van der Waals surface area contributed by atoms with Crippen molar-refractivity contribution in [2.75, 3.05) is 13.1 Å². The lowest BCUT2D eigenvalue weighted by Crippen LogP contribution is -2.42. The molecule has 0 radical (unpaired) electrons. The van der Waals surface area contributed by atoms with Gasteiger partial charge in [0.25, 0.3) is 0 Å². The predicted molar refractivity (Wildman–Crippen MR) is 83.9 cm³/mol. The molecule has 0 aromatic heterocycles. The molecular formula is C17H25N3. The van der Waals surface area contributed by atoms with Gasteiger partial charge in [-0.3, -0.25) is 0 Å². The molecule has 3 heteroatoms. The molecule has 0 bridgehead atoms. The molecule has 2 atom stereocenters.